The molecule has 0 amide bonds. The molecule has 0 aliphatic carbocycles. The molecule has 5 heteroatoms. The monoisotopic (exact) mass is 249 g/mol. The van der Waals surface area contributed by atoms with Crippen molar-refractivity contribution in [3.8, 4) is 0 Å². The maximum absolute atomic E-state index is 12.6. The fourth-order valence-electron chi connectivity index (χ4n) is 0.855. The van der Waals surface area contributed by atoms with Crippen LogP contribution < -0.4 is 5.11 Å². The Balaban J connectivity index is 3.08. The van der Waals surface area contributed by atoms with Crippen molar-refractivity contribution in [2.24, 2.45) is 0 Å². The SMILES string of the molecule is O=C([O-])Cc1cc(F)c(F)cc1Br. The number of aliphatic carboxylic acids is 1. The van der Waals surface area contributed by atoms with Crippen LogP contribution in [-0.2, 0) is 11.2 Å². The first-order valence-electron chi connectivity index (χ1n) is 3.34. The van der Waals surface area contributed by atoms with Gasteiger partial charge in [0.05, 0.1) is 0 Å². The summed E-state index contributed by atoms with van der Waals surface area (Å²) in [6.07, 6.45) is -0.447. The van der Waals surface area contributed by atoms with Crippen LogP contribution >= 0.6 is 15.9 Å². The molecule has 0 heterocycles. The van der Waals surface area contributed by atoms with E-state index in [2.05, 4.69) is 15.9 Å². The molecule has 2 nitrogen and oxygen atoms in total. The molecule has 13 heavy (non-hydrogen) atoms. The Morgan fingerprint density at radius 1 is 1.38 bits per heavy atom. The van der Waals surface area contributed by atoms with Crippen molar-refractivity contribution in [2.45, 2.75) is 6.42 Å². The summed E-state index contributed by atoms with van der Waals surface area (Å²) in [5.74, 6) is -3.43. The molecule has 1 aromatic rings. The van der Waals surface area contributed by atoms with Gasteiger partial charge >= 0.3 is 0 Å². The molecule has 0 N–H and O–H groups in total. The minimum Gasteiger partial charge on any atom is -0.550 e. The van der Waals surface area contributed by atoms with Crippen molar-refractivity contribution >= 4 is 21.9 Å². The molecule has 0 unspecified atom stereocenters. The predicted molar refractivity (Wildman–Crippen MR) is 42.8 cm³/mol. The number of benzene rings is 1. The van der Waals surface area contributed by atoms with Crippen molar-refractivity contribution in [1.82, 2.24) is 0 Å². The second-order valence-electron chi connectivity index (χ2n) is 2.41. The van der Waals surface area contributed by atoms with Crippen LogP contribution in [0.25, 0.3) is 0 Å². The third-order valence-electron chi connectivity index (χ3n) is 1.42. The van der Waals surface area contributed by atoms with Crippen molar-refractivity contribution < 1.29 is 18.7 Å². The van der Waals surface area contributed by atoms with Crippen LogP contribution in [0.3, 0.4) is 0 Å². The molecule has 0 radical (unpaired) electrons. The number of carbonyl (C=O) groups is 1. The number of rotatable bonds is 2. The summed E-state index contributed by atoms with van der Waals surface area (Å²) < 4.78 is 25.3. The van der Waals surface area contributed by atoms with Gasteiger partial charge in [-0.1, -0.05) is 15.9 Å². The number of halogens is 3. The molecule has 0 aliphatic rings. The van der Waals surface area contributed by atoms with Gasteiger partial charge in [0.15, 0.2) is 11.6 Å². The van der Waals surface area contributed by atoms with E-state index < -0.39 is 24.0 Å². The van der Waals surface area contributed by atoms with E-state index >= 15 is 0 Å². The molecular weight excluding hydrogens is 246 g/mol. The van der Waals surface area contributed by atoms with Crippen molar-refractivity contribution in [2.75, 3.05) is 0 Å². The quantitative estimate of drug-likeness (QED) is 0.735. The molecule has 0 saturated heterocycles. The lowest BCUT2D eigenvalue weighted by atomic mass is 10.1. The van der Waals surface area contributed by atoms with E-state index in [1.807, 2.05) is 0 Å². The van der Waals surface area contributed by atoms with Gasteiger partial charge in [-0.25, -0.2) is 8.78 Å². The molecule has 1 rings (SSSR count). The third-order valence-corrected chi connectivity index (χ3v) is 2.16. The summed E-state index contributed by atoms with van der Waals surface area (Å²) in [5, 5.41) is 10.2. The normalized spacial score (nSPS) is 10.1. The Bertz CT molecular complexity index is 352. The second kappa shape index (κ2) is 3.83. The van der Waals surface area contributed by atoms with Gasteiger partial charge in [-0.3, -0.25) is 0 Å². The lowest BCUT2D eigenvalue weighted by Crippen LogP contribution is -2.24. The first-order chi connectivity index (χ1) is 6.00. The van der Waals surface area contributed by atoms with Crippen LogP contribution in [0.4, 0.5) is 8.78 Å². The van der Waals surface area contributed by atoms with Gasteiger partial charge in [0.25, 0.3) is 0 Å². The highest BCUT2D eigenvalue weighted by atomic mass is 79.9. The van der Waals surface area contributed by atoms with E-state index in [9.17, 15) is 18.7 Å². The zero-order chi connectivity index (χ0) is 10.0. The van der Waals surface area contributed by atoms with E-state index in [0.29, 0.717) is 0 Å². The standard InChI is InChI=1S/C8H5BrF2O2/c9-5-3-7(11)6(10)1-4(5)2-8(12)13/h1,3H,2H2,(H,12,13)/p-1. The van der Waals surface area contributed by atoms with E-state index in [4.69, 9.17) is 0 Å². The Hall–Kier alpha value is -0.970. The number of carboxylic acids is 1. The summed E-state index contributed by atoms with van der Waals surface area (Å²) >= 11 is 2.91. The summed E-state index contributed by atoms with van der Waals surface area (Å²) in [6, 6.07) is 1.71. The van der Waals surface area contributed by atoms with Crippen molar-refractivity contribution in [1.29, 1.82) is 0 Å². The van der Waals surface area contributed by atoms with Crippen molar-refractivity contribution in [3.05, 3.63) is 33.8 Å². The zero-order valence-electron chi connectivity index (χ0n) is 6.31. The molecule has 0 aromatic heterocycles. The number of carboxylic acid groups (broad SMARTS) is 1. The molecule has 0 spiro atoms. The molecule has 0 atom stereocenters. The first kappa shape index (κ1) is 10.1. The fourth-order valence-corrected chi connectivity index (χ4v) is 1.31. The van der Waals surface area contributed by atoms with Crippen LogP contribution in [0.15, 0.2) is 16.6 Å². The molecular formula is C8H4BrF2O2-. The number of hydrogen-bond acceptors (Lipinski definition) is 2. The van der Waals surface area contributed by atoms with E-state index in [0.717, 1.165) is 12.1 Å². The highest BCUT2D eigenvalue weighted by Gasteiger charge is 2.07. The van der Waals surface area contributed by atoms with Gasteiger partial charge in [0, 0.05) is 16.9 Å². The number of hydrogen-bond donors (Lipinski definition) is 0. The minimum atomic E-state index is -1.34. The smallest absolute Gasteiger partial charge is 0.159 e. The van der Waals surface area contributed by atoms with Gasteiger partial charge in [-0.15, -0.1) is 0 Å². The Labute approximate surface area is 81.3 Å². The molecule has 0 saturated carbocycles. The maximum Gasteiger partial charge on any atom is 0.159 e. The Morgan fingerprint density at radius 3 is 2.46 bits per heavy atom. The summed E-state index contributed by atoms with van der Waals surface area (Å²) in [5.41, 5.74) is 0.152. The maximum atomic E-state index is 12.6. The van der Waals surface area contributed by atoms with Gasteiger partial charge in [-0.2, -0.15) is 0 Å². The van der Waals surface area contributed by atoms with Gasteiger partial charge in [-0.05, 0) is 17.7 Å². The van der Waals surface area contributed by atoms with Crippen LogP contribution in [-0.4, -0.2) is 5.97 Å². The zero-order valence-corrected chi connectivity index (χ0v) is 7.90. The van der Waals surface area contributed by atoms with Crippen LogP contribution in [0, 0.1) is 11.6 Å². The van der Waals surface area contributed by atoms with Gasteiger partial charge in [0.1, 0.15) is 0 Å². The van der Waals surface area contributed by atoms with Crippen LogP contribution in [0.1, 0.15) is 5.56 Å². The first-order valence-corrected chi connectivity index (χ1v) is 4.13. The number of carbonyl (C=O) groups excluding carboxylic acids is 1. The topological polar surface area (TPSA) is 40.1 Å². The third kappa shape index (κ3) is 2.48. The summed E-state index contributed by atoms with van der Waals surface area (Å²) in [7, 11) is 0. The van der Waals surface area contributed by atoms with Gasteiger partial charge < -0.3 is 9.90 Å². The Morgan fingerprint density at radius 2 is 1.92 bits per heavy atom. The summed E-state index contributed by atoms with van der Waals surface area (Å²) in [6.45, 7) is 0. The average molecular weight is 250 g/mol. The van der Waals surface area contributed by atoms with Crippen LogP contribution in [0.2, 0.25) is 0 Å². The second-order valence-corrected chi connectivity index (χ2v) is 3.26. The van der Waals surface area contributed by atoms with Gasteiger partial charge in [0.2, 0.25) is 0 Å². The highest BCUT2D eigenvalue weighted by molar-refractivity contribution is 9.10. The lowest BCUT2D eigenvalue weighted by Gasteiger charge is -2.05. The van der Waals surface area contributed by atoms with E-state index in [1.54, 1.807) is 0 Å². The average Bonchev–Trinajstić information content (AvgIpc) is 1.99. The molecule has 0 bridgehead atoms. The molecule has 70 valence electrons. The Kier molecular flexibility index (Phi) is 2.98. The van der Waals surface area contributed by atoms with E-state index in [1.165, 1.54) is 0 Å². The predicted octanol–water partition coefficient (Wildman–Crippen LogP) is 1.02. The van der Waals surface area contributed by atoms with Crippen molar-refractivity contribution in [3.63, 3.8) is 0 Å². The van der Waals surface area contributed by atoms with E-state index in [-0.39, 0.29) is 10.0 Å². The highest BCUT2D eigenvalue weighted by Crippen LogP contribution is 2.20. The molecule has 0 fully saturated rings. The summed E-state index contributed by atoms with van der Waals surface area (Å²) in [4.78, 5) is 10.2. The minimum absolute atomic E-state index is 0.152. The largest absolute Gasteiger partial charge is 0.550 e. The molecule has 0 aliphatic heterocycles. The molecule has 1 aromatic carbocycles. The lowest BCUT2D eigenvalue weighted by molar-refractivity contribution is -0.304. The fraction of sp³-hybridized carbons (Fsp3) is 0.125. The van der Waals surface area contributed by atoms with Crippen LogP contribution in [0.5, 0.6) is 0 Å².